The van der Waals surface area contributed by atoms with Gasteiger partial charge in [0.25, 0.3) is 0 Å². The molecule has 136 valence electrons. The van der Waals surface area contributed by atoms with Crippen LogP contribution in [0.3, 0.4) is 0 Å². The number of benzene rings is 1. The summed E-state index contributed by atoms with van der Waals surface area (Å²) in [6.45, 7) is 7.40. The lowest BCUT2D eigenvalue weighted by Crippen LogP contribution is -2.27. The van der Waals surface area contributed by atoms with E-state index in [4.69, 9.17) is 4.74 Å². The molecule has 0 bridgehead atoms. The van der Waals surface area contributed by atoms with Gasteiger partial charge in [0.15, 0.2) is 0 Å². The van der Waals surface area contributed by atoms with Crippen LogP contribution in [-0.4, -0.2) is 31.5 Å². The van der Waals surface area contributed by atoms with Crippen LogP contribution in [0.2, 0.25) is 0 Å². The van der Waals surface area contributed by atoms with Crippen molar-refractivity contribution in [2.24, 2.45) is 0 Å². The normalized spacial score (nSPS) is 11.4. The van der Waals surface area contributed by atoms with Gasteiger partial charge >= 0.3 is 0 Å². The van der Waals surface area contributed by atoms with Crippen molar-refractivity contribution in [3.8, 4) is 5.75 Å². The number of hydrogen-bond donors (Lipinski definition) is 2. The maximum absolute atomic E-state index is 11.8. The Balaban J connectivity index is 2.19. The lowest BCUT2D eigenvalue weighted by atomic mass is 10.2. The van der Waals surface area contributed by atoms with E-state index in [1.54, 1.807) is 19.1 Å². The molecular formula is C20H28N2O3. The minimum atomic E-state index is -0.123. The predicted octanol–water partition coefficient (Wildman–Crippen LogP) is 3.08. The number of rotatable bonds is 10. The van der Waals surface area contributed by atoms with Crippen molar-refractivity contribution < 1.29 is 14.3 Å². The number of nitrogens with one attached hydrogen (secondary N) is 2. The standard InChI is InChI=1S/C20H28N2O3/c1-4-16(3)20(24)22-15-7-6-14-21-19(23)13-10-17-8-11-18(12-9-17)25-5-2/h4,8-13H,5-7,14-15H2,1-3H3,(H,21,23)(H,22,24)/b13-10+,16-4+. The van der Waals surface area contributed by atoms with Gasteiger partial charge in [0, 0.05) is 24.7 Å². The van der Waals surface area contributed by atoms with Gasteiger partial charge in [-0.2, -0.15) is 0 Å². The van der Waals surface area contributed by atoms with Gasteiger partial charge in [0.2, 0.25) is 11.8 Å². The molecule has 0 radical (unpaired) electrons. The number of ether oxygens (including phenoxy) is 1. The monoisotopic (exact) mass is 344 g/mol. The molecule has 2 amide bonds. The maximum atomic E-state index is 11.8. The summed E-state index contributed by atoms with van der Waals surface area (Å²) in [4.78, 5) is 23.3. The molecule has 5 heteroatoms. The molecule has 0 saturated carbocycles. The molecule has 0 fully saturated rings. The van der Waals surface area contributed by atoms with Gasteiger partial charge in [-0.15, -0.1) is 0 Å². The first kappa shape index (κ1) is 20.5. The molecule has 0 aliphatic rings. The molecule has 1 rings (SSSR count). The van der Waals surface area contributed by atoms with Crippen molar-refractivity contribution in [1.29, 1.82) is 0 Å². The zero-order valence-electron chi connectivity index (χ0n) is 15.3. The van der Waals surface area contributed by atoms with Crippen molar-refractivity contribution in [1.82, 2.24) is 10.6 Å². The molecule has 0 spiro atoms. The smallest absolute Gasteiger partial charge is 0.246 e. The van der Waals surface area contributed by atoms with Gasteiger partial charge in [-0.25, -0.2) is 0 Å². The summed E-state index contributed by atoms with van der Waals surface area (Å²) in [5.74, 6) is 0.660. The Hall–Kier alpha value is -2.56. The first-order chi connectivity index (χ1) is 12.1. The molecule has 0 aliphatic heterocycles. The molecule has 0 saturated heterocycles. The lowest BCUT2D eigenvalue weighted by molar-refractivity contribution is -0.118. The largest absolute Gasteiger partial charge is 0.494 e. The highest BCUT2D eigenvalue weighted by molar-refractivity contribution is 5.92. The zero-order valence-corrected chi connectivity index (χ0v) is 15.3. The topological polar surface area (TPSA) is 67.4 Å². The van der Waals surface area contributed by atoms with Crippen molar-refractivity contribution in [2.45, 2.75) is 33.6 Å². The van der Waals surface area contributed by atoms with Crippen LogP contribution in [0.15, 0.2) is 42.0 Å². The van der Waals surface area contributed by atoms with Gasteiger partial charge in [0.1, 0.15) is 5.75 Å². The highest BCUT2D eigenvalue weighted by atomic mass is 16.5. The number of carbonyl (C=O) groups is 2. The molecular weight excluding hydrogens is 316 g/mol. The molecule has 0 heterocycles. The van der Waals surface area contributed by atoms with E-state index in [0.29, 0.717) is 25.3 Å². The number of amides is 2. The zero-order chi connectivity index (χ0) is 18.5. The summed E-state index contributed by atoms with van der Waals surface area (Å²) in [7, 11) is 0. The summed E-state index contributed by atoms with van der Waals surface area (Å²) < 4.78 is 5.37. The Morgan fingerprint density at radius 3 is 2.32 bits per heavy atom. The summed E-state index contributed by atoms with van der Waals surface area (Å²) in [6.07, 6.45) is 6.72. The van der Waals surface area contributed by atoms with Gasteiger partial charge in [-0.3, -0.25) is 9.59 Å². The lowest BCUT2D eigenvalue weighted by Gasteiger charge is -2.05. The molecule has 25 heavy (non-hydrogen) atoms. The van der Waals surface area contributed by atoms with E-state index in [1.165, 1.54) is 6.08 Å². The Bertz CT molecular complexity index is 604. The van der Waals surface area contributed by atoms with Gasteiger partial charge in [0.05, 0.1) is 6.61 Å². The Morgan fingerprint density at radius 1 is 1.08 bits per heavy atom. The third-order valence-corrected chi connectivity index (χ3v) is 3.60. The van der Waals surface area contributed by atoms with Crippen molar-refractivity contribution in [3.05, 3.63) is 47.6 Å². The minimum absolute atomic E-state index is 0.0372. The summed E-state index contributed by atoms with van der Waals surface area (Å²) >= 11 is 0. The van der Waals surface area contributed by atoms with Crippen LogP contribution in [0, 0.1) is 0 Å². The SMILES string of the molecule is C/C=C(\C)C(=O)NCCCCNC(=O)/C=C/c1ccc(OCC)cc1. The van der Waals surface area contributed by atoms with E-state index < -0.39 is 0 Å². The van der Waals surface area contributed by atoms with Crippen LogP contribution in [0.5, 0.6) is 5.75 Å². The molecule has 5 nitrogen and oxygen atoms in total. The molecule has 0 atom stereocenters. The average molecular weight is 344 g/mol. The summed E-state index contributed by atoms with van der Waals surface area (Å²) in [5, 5.41) is 5.67. The summed E-state index contributed by atoms with van der Waals surface area (Å²) in [5.41, 5.74) is 1.66. The number of unbranched alkanes of at least 4 members (excludes halogenated alkanes) is 1. The van der Waals surface area contributed by atoms with Crippen molar-refractivity contribution >= 4 is 17.9 Å². The van der Waals surface area contributed by atoms with Crippen LogP contribution < -0.4 is 15.4 Å². The highest BCUT2D eigenvalue weighted by Gasteiger charge is 2.01. The van der Waals surface area contributed by atoms with E-state index in [1.807, 2.05) is 38.1 Å². The van der Waals surface area contributed by atoms with Crippen LogP contribution in [0.4, 0.5) is 0 Å². The van der Waals surface area contributed by atoms with Gasteiger partial charge in [-0.1, -0.05) is 18.2 Å². The molecule has 1 aromatic rings. The summed E-state index contributed by atoms with van der Waals surface area (Å²) in [6, 6.07) is 7.57. The maximum Gasteiger partial charge on any atom is 0.246 e. The Kier molecular flexibility index (Phi) is 9.75. The fourth-order valence-electron chi connectivity index (χ4n) is 2.01. The second-order valence-corrected chi connectivity index (χ2v) is 5.56. The van der Waals surface area contributed by atoms with E-state index >= 15 is 0 Å². The minimum Gasteiger partial charge on any atom is -0.494 e. The van der Waals surface area contributed by atoms with E-state index in [0.717, 1.165) is 24.2 Å². The van der Waals surface area contributed by atoms with E-state index in [2.05, 4.69) is 10.6 Å². The van der Waals surface area contributed by atoms with Gasteiger partial charge < -0.3 is 15.4 Å². The van der Waals surface area contributed by atoms with Crippen LogP contribution >= 0.6 is 0 Å². The molecule has 0 unspecified atom stereocenters. The second kappa shape index (κ2) is 11.9. The van der Waals surface area contributed by atoms with Crippen molar-refractivity contribution in [3.63, 3.8) is 0 Å². The number of hydrogen-bond acceptors (Lipinski definition) is 3. The number of carbonyl (C=O) groups excluding carboxylic acids is 2. The van der Waals surface area contributed by atoms with E-state index in [-0.39, 0.29) is 11.8 Å². The predicted molar refractivity (Wildman–Crippen MR) is 101 cm³/mol. The Labute approximate surface area is 150 Å². The van der Waals surface area contributed by atoms with Crippen LogP contribution in [0.1, 0.15) is 39.2 Å². The highest BCUT2D eigenvalue weighted by Crippen LogP contribution is 2.12. The molecule has 0 aliphatic carbocycles. The van der Waals surface area contributed by atoms with E-state index in [9.17, 15) is 9.59 Å². The Morgan fingerprint density at radius 2 is 1.72 bits per heavy atom. The fourth-order valence-corrected chi connectivity index (χ4v) is 2.01. The molecule has 1 aromatic carbocycles. The second-order valence-electron chi connectivity index (χ2n) is 5.56. The fraction of sp³-hybridized carbons (Fsp3) is 0.400. The first-order valence-electron chi connectivity index (χ1n) is 8.66. The third kappa shape index (κ3) is 8.74. The first-order valence-corrected chi connectivity index (χ1v) is 8.66. The third-order valence-electron chi connectivity index (χ3n) is 3.60. The van der Waals surface area contributed by atoms with Crippen molar-refractivity contribution in [2.75, 3.05) is 19.7 Å². The molecule has 0 aromatic heterocycles. The van der Waals surface area contributed by atoms with Gasteiger partial charge in [-0.05, 0) is 57.4 Å². The van der Waals surface area contributed by atoms with Crippen LogP contribution in [0.25, 0.3) is 6.08 Å². The molecule has 2 N–H and O–H groups in total. The quantitative estimate of drug-likeness (QED) is 0.506. The van der Waals surface area contributed by atoms with Crippen LogP contribution in [-0.2, 0) is 9.59 Å². The average Bonchev–Trinajstić information content (AvgIpc) is 2.63. The number of allylic oxidation sites excluding steroid dienone is 1.